The third-order valence-corrected chi connectivity index (χ3v) is 5.46. The molecule has 0 aliphatic carbocycles. The van der Waals surface area contributed by atoms with Crippen LogP contribution >= 0.6 is 0 Å². The Balaban J connectivity index is 1.49. The molecule has 3 aliphatic rings. The van der Waals surface area contributed by atoms with Crippen LogP contribution in [0, 0.1) is 0 Å². The summed E-state index contributed by atoms with van der Waals surface area (Å²) in [6.07, 6.45) is 4.92. The summed E-state index contributed by atoms with van der Waals surface area (Å²) in [6.45, 7) is 6.02. The molecule has 0 saturated carbocycles. The Bertz CT molecular complexity index is 571. The molecule has 0 bridgehead atoms. The van der Waals surface area contributed by atoms with E-state index in [1.165, 1.54) is 36.9 Å². The number of benzene rings is 1. The molecule has 1 atom stereocenters. The van der Waals surface area contributed by atoms with Crippen LogP contribution < -0.4 is 5.32 Å². The van der Waals surface area contributed by atoms with Crippen molar-refractivity contribution in [3.8, 4) is 0 Å². The zero-order valence-electron chi connectivity index (χ0n) is 13.2. The van der Waals surface area contributed by atoms with Gasteiger partial charge in [0.15, 0.2) is 0 Å². The highest BCUT2D eigenvalue weighted by atomic mass is 16.2. The van der Waals surface area contributed by atoms with Crippen molar-refractivity contribution in [3.63, 3.8) is 0 Å². The van der Waals surface area contributed by atoms with Crippen LogP contribution in [0.5, 0.6) is 0 Å². The number of nitrogens with one attached hydrogen (secondary N) is 1. The average Bonchev–Trinajstić information content (AvgIpc) is 2.60. The molecule has 1 amide bonds. The maximum atomic E-state index is 12.9. The van der Waals surface area contributed by atoms with E-state index in [2.05, 4.69) is 27.2 Å². The largest absolute Gasteiger partial charge is 0.336 e. The lowest BCUT2D eigenvalue weighted by Gasteiger charge is -2.44. The number of hydrogen-bond donors (Lipinski definition) is 1. The standard InChI is InChI=1S/C18H25N3O/c22-18(15-4-5-16-12-19-7-6-14(16)11-15)21-10-9-20-8-2-1-3-17(20)13-21/h4-5,11,17,19H,1-3,6-10,12-13H2. The molecule has 1 N–H and O–H groups in total. The van der Waals surface area contributed by atoms with E-state index in [9.17, 15) is 4.79 Å². The lowest BCUT2D eigenvalue weighted by Crippen LogP contribution is -2.56. The van der Waals surface area contributed by atoms with Gasteiger partial charge >= 0.3 is 0 Å². The predicted molar refractivity (Wildman–Crippen MR) is 87.0 cm³/mol. The molecule has 0 aromatic heterocycles. The third-order valence-electron chi connectivity index (χ3n) is 5.46. The molecule has 3 heterocycles. The van der Waals surface area contributed by atoms with E-state index in [1.54, 1.807) is 0 Å². The van der Waals surface area contributed by atoms with Gasteiger partial charge in [-0.25, -0.2) is 0 Å². The fraction of sp³-hybridized carbons (Fsp3) is 0.611. The van der Waals surface area contributed by atoms with Crippen LogP contribution in [0.2, 0.25) is 0 Å². The first kappa shape index (κ1) is 14.2. The molecule has 1 aromatic rings. The number of amides is 1. The fourth-order valence-corrected chi connectivity index (χ4v) is 4.13. The first-order valence-electron chi connectivity index (χ1n) is 8.67. The Hall–Kier alpha value is -1.39. The number of carbonyl (C=O) groups is 1. The molecule has 4 nitrogen and oxygen atoms in total. The van der Waals surface area contributed by atoms with Crippen LogP contribution in [0.15, 0.2) is 18.2 Å². The molecule has 3 aliphatic heterocycles. The van der Waals surface area contributed by atoms with E-state index in [1.807, 2.05) is 6.07 Å². The molecule has 2 fully saturated rings. The lowest BCUT2D eigenvalue weighted by atomic mass is 9.96. The van der Waals surface area contributed by atoms with Crippen molar-refractivity contribution in [2.45, 2.75) is 38.3 Å². The third kappa shape index (κ3) is 2.66. The number of fused-ring (bicyclic) bond motifs is 2. The fourth-order valence-electron chi connectivity index (χ4n) is 4.13. The van der Waals surface area contributed by atoms with Crippen LogP contribution in [0.1, 0.15) is 40.7 Å². The second-order valence-corrected chi connectivity index (χ2v) is 6.85. The van der Waals surface area contributed by atoms with Crippen LogP contribution in [-0.2, 0) is 13.0 Å². The highest BCUT2D eigenvalue weighted by Gasteiger charge is 2.31. The summed E-state index contributed by atoms with van der Waals surface area (Å²) >= 11 is 0. The Morgan fingerprint density at radius 1 is 1.14 bits per heavy atom. The molecule has 4 heteroatoms. The molecule has 0 spiro atoms. The summed E-state index contributed by atoms with van der Waals surface area (Å²) in [7, 11) is 0. The van der Waals surface area contributed by atoms with Crippen molar-refractivity contribution < 1.29 is 4.79 Å². The molecule has 1 aromatic carbocycles. The van der Waals surface area contributed by atoms with E-state index in [4.69, 9.17) is 0 Å². The van der Waals surface area contributed by atoms with E-state index in [0.717, 1.165) is 44.7 Å². The van der Waals surface area contributed by atoms with Gasteiger partial charge in [0.25, 0.3) is 5.91 Å². The molecule has 22 heavy (non-hydrogen) atoms. The second kappa shape index (κ2) is 6.01. The average molecular weight is 299 g/mol. The van der Waals surface area contributed by atoms with Gasteiger partial charge in [0.1, 0.15) is 0 Å². The van der Waals surface area contributed by atoms with E-state index in [-0.39, 0.29) is 5.91 Å². The highest BCUT2D eigenvalue weighted by Crippen LogP contribution is 2.23. The van der Waals surface area contributed by atoms with Crippen LogP contribution in [0.4, 0.5) is 0 Å². The normalized spacial score (nSPS) is 25.5. The molecule has 2 saturated heterocycles. The lowest BCUT2D eigenvalue weighted by molar-refractivity contribution is 0.0372. The van der Waals surface area contributed by atoms with Crippen molar-refractivity contribution in [2.75, 3.05) is 32.7 Å². The van der Waals surface area contributed by atoms with Gasteiger partial charge in [0.2, 0.25) is 0 Å². The van der Waals surface area contributed by atoms with Crippen molar-refractivity contribution in [1.82, 2.24) is 15.1 Å². The zero-order chi connectivity index (χ0) is 14.9. The zero-order valence-corrected chi connectivity index (χ0v) is 13.2. The summed E-state index contributed by atoms with van der Waals surface area (Å²) in [5.74, 6) is 0.228. The van der Waals surface area contributed by atoms with Gasteiger partial charge in [-0.2, -0.15) is 0 Å². The first-order valence-corrected chi connectivity index (χ1v) is 8.67. The molecule has 4 rings (SSSR count). The quantitative estimate of drug-likeness (QED) is 0.856. The Kier molecular flexibility index (Phi) is 3.89. The van der Waals surface area contributed by atoms with Crippen LogP contribution in [-0.4, -0.2) is 54.5 Å². The summed E-state index contributed by atoms with van der Waals surface area (Å²) in [6, 6.07) is 6.87. The Morgan fingerprint density at radius 3 is 3.05 bits per heavy atom. The topological polar surface area (TPSA) is 35.6 Å². The molecular weight excluding hydrogens is 274 g/mol. The van der Waals surface area contributed by atoms with Gasteiger partial charge in [0, 0.05) is 37.8 Å². The SMILES string of the molecule is O=C(c1ccc2c(c1)CCNC2)N1CCN2CCCCC2C1. The van der Waals surface area contributed by atoms with Gasteiger partial charge in [-0.1, -0.05) is 12.5 Å². The smallest absolute Gasteiger partial charge is 0.253 e. The van der Waals surface area contributed by atoms with Crippen molar-refractivity contribution in [2.24, 2.45) is 0 Å². The summed E-state index contributed by atoms with van der Waals surface area (Å²) in [5.41, 5.74) is 3.57. The number of piperidine rings is 1. The first-order chi connectivity index (χ1) is 10.8. The molecular formula is C18H25N3O. The highest BCUT2D eigenvalue weighted by molar-refractivity contribution is 5.94. The van der Waals surface area contributed by atoms with Crippen LogP contribution in [0.3, 0.4) is 0 Å². The minimum absolute atomic E-state index is 0.228. The minimum Gasteiger partial charge on any atom is -0.336 e. The van der Waals surface area contributed by atoms with Crippen molar-refractivity contribution in [3.05, 3.63) is 34.9 Å². The van der Waals surface area contributed by atoms with E-state index >= 15 is 0 Å². The van der Waals surface area contributed by atoms with Gasteiger partial charge in [-0.05, 0) is 55.6 Å². The van der Waals surface area contributed by atoms with E-state index < -0.39 is 0 Å². The van der Waals surface area contributed by atoms with Crippen LogP contribution in [0.25, 0.3) is 0 Å². The minimum atomic E-state index is 0.228. The second-order valence-electron chi connectivity index (χ2n) is 6.85. The number of rotatable bonds is 1. The Labute approximate surface area is 132 Å². The number of hydrogen-bond acceptors (Lipinski definition) is 3. The van der Waals surface area contributed by atoms with Gasteiger partial charge in [-0.3, -0.25) is 9.69 Å². The monoisotopic (exact) mass is 299 g/mol. The van der Waals surface area contributed by atoms with Gasteiger partial charge < -0.3 is 10.2 Å². The molecule has 1 unspecified atom stereocenters. The number of piperazine rings is 1. The van der Waals surface area contributed by atoms with E-state index in [0.29, 0.717) is 6.04 Å². The molecule has 118 valence electrons. The van der Waals surface area contributed by atoms with Gasteiger partial charge in [-0.15, -0.1) is 0 Å². The van der Waals surface area contributed by atoms with Gasteiger partial charge in [0.05, 0.1) is 0 Å². The van der Waals surface area contributed by atoms with Crippen molar-refractivity contribution >= 4 is 5.91 Å². The summed E-state index contributed by atoms with van der Waals surface area (Å²) in [4.78, 5) is 17.5. The Morgan fingerprint density at radius 2 is 2.09 bits per heavy atom. The number of carbonyl (C=O) groups excluding carboxylic acids is 1. The maximum absolute atomic E-state index is 12.9. The summed E-state index contributed by atoms with van der Waals surface area (Å²) < 4.78 is 0. The van der Waals surface area contributed by atoms with Crippen molar-refractivity contribution in [1.29, 1.82) is 0 Å². The maximum Gasteiger partial charge on any atom is 0.253 e. The summed E-state index contributed by atoms with van der Waals surface area (Å²) in [5, 5.41) is 3.38. The predicted octanol–water partition coefficient (Wildman–Crippen LogP) is 1.64. The number of nitrogens with zero attached hydrogens (tertiary/aromatic N) is 2. The molecule has 0 radical (unpaired) electrons.